The van der Waals surface area contributed by atoms with Gasteiger partial charge in [-0.1, -0.05) is 45.9 Å². The van der Waals surface area contributed by atoms with E-state index < -0.39 is 0 Å². The Labute approximate surface area is 135 Å². The molecule has 0 fully saturated rings. The van der Waals surface area contributed by atoms with Crippen molar-refractivity contribution >= 4 is 44.5 Å². The molecule has 1 aromatic heterocycles. The van der Waals surface area contributed by atoms with Gasteiger partial charge in [0.15, 0.2) is 10.9 Å². The Balaban J connectivity index is 1.71. The number of carbonyl (C=O) groups is 1. The second-order valence-corrected chi connectivity index (χ2v) is 6.66. The first kappa shape index (κ1) is 14.4. The molecule has 0 unspecified atom stereocenters. The van der Waals surface area contributed by atoms with E-state index in [2.05, 4.69) is 32.0 Å². The molecule has 3 nitrogen and oxygen atoms in total. The molecule has 1 N–H and O–H groups in total. The molecular formula is C16H13BrN2OS. The van der Waals surface area contributed by atoms with Crippen LogP contribution in [0.5, 0.6) is 0 Å². The molecule has 0 aliphatic carbocycles. The summed E-state index contributed by atoms with van der Waals surface area (Å²) in [5.74, 6) is 0.476. The predicted molar refractivity (Wildman–Crippen MR) is 90.0 cm³/mol. The van der Waals surface area contributed by atoms with Gasteiger partial charge in [-0.25, -0.2) is 4.98 Å². The minimum absolute atomic E-state index is 0.101. The number of rotatable bonds is 4. The van der Waals surface area contributed by atoms with Gasteiger partial charge in [-0.2, -0.15) is 0 Å². The second kappa shape index (κ2) is 6.03. The summed E-state index contributed by atoms with van der Waals surface area (Å²) in [7, 11) is 0. The summed E-state index contributed by atoms with van der Waals surface area (Å²) in [6, 6.07) is 13.5. The topological polar surface area (TPSA) is 45.8 Å². The third kappa shape index (κ3) is 3.36. The molecule has 0 bridgehead atoms. The Morgan fingerprint density at radius 3 is 2.76 bits per heavy atom. The van der Waals surface area contributed by atoms with Crippen LogP contribution in [0.2, 0.25) is 0 Å². The Morgan fingerprint density at radius 1 is 1.24 bits per heavy atom. The maximum atomic E-state index is 12.1. The van der Waals surface area contributed by atoms with Crippen molar-refractivity contribution in [2.45, 2.75) is 12.1 Å². The van der Waals surface area contributed by atoms with Crippen LogP contribution in [0.4, 0.5) is 0 Å². The van der Waals surface area contributed by atoms with Crippen LogP contribution in [0.3, 0.4) is 0 Å². The summed E-state index contributed by atoms with van der Waals surface area (Å²) in [5, 5.41) is 0.779. The van der Waals surface area contributed by atoms with Crippen LogP contribution in [-0.4, -0.2) is 21.5 Å². The van der Waals surface area contributed by atoms with Crippen molar-refractivity contribution in [2.24, 2.45) is 0 Å². The average molecular weight is 361 g/mol. The van der Waals surface area contributed by atoms with E-state index >= 15 is 0 Å². The fourth-order valence-electron chi connectivity index (χ4n) is 2.02. The third-order valence-electron chi connectivity index (χ3n) is 3.12. The minimum Gasteiger partial charge on any atom is -0.333 e. The second-order valence-electron chi connectivity index (χ2n) is 4.78. The molecule has 21 heavy (non-hydrogen) atoms. The molecule has 0 aliphatic heterocycles. The highest BCUT2D eigenvalue weighted by molar-refractivity contribution is 9.10. The van der Waals surface area contributed by atoms with Crippen LogP contribution in [0.25, 0.3) is 11.0 Å². The molecule has 106 valence electrons. The summed E-state index contributed by atoms with van der Waals surface area (Å²) in [6.07, 6.45) is 0. The first-order chi connectivity index (χ1) is 10.1. The zero-order valence-electron chi connectivity index (χ0n) is 11.4. The van der Waals surface area contributed by atoms with Gasteiger partial charge in [0.1, 0.15) is 0 Å². The highest BCUT2D eigenvalue weighted by Gasteiger charge is 2.09. The smallest absolute Gasteiger partial charge is 0.173 e. The Morgan fingerprint density at radius 2 is 2.00 bits per heavy atom. The largest absolute Gasteiger partial charge is 0.333 e. The van der Waals surface area contributed by atoms with Gasteiger partial charge in [0.25, 0.3) is 0 Å². The van der Waals surface area contributed by atoms with E-state index in [4.69, 9.17) is 0 Å². The number of fused-ring (bicyclic) bond motifs is 1. The highest BCUT2D eigenvalue weighted by atomic mass is 79.9. The SMILES string of the molecule is Cc1ccc2nc(SCC(=O)c3ccc(Br)cc3)[nH]c2c1. The highest BCUT2D eigenvalue weighted by Crippen LogP contribution is 2.21. The van der Waals surface area contributed by atoms with E-state index in [-0.39, 0.29) is 5.78 Å². The van der Waals surface area contributed by atoms with Gasteiger partial charge >= 0.3 is 0 Å². The number of aromatic amines is 1. The number of nitrogens with zero attached hydrogens (tertiary/aromatic N) is 1. The van der Waals surface area contributed by atoms with Crippen LogP contribution in [-0.2, 0) is 0 Å². The summed E-state index contributed by atoms with van der Waals surface area (Å²) in [4.78, 5) is 19.8. The Hall–Kier alpha value is -1.59. The molecule has 0 spiro atoms. The van der Waals surface area contributed by atoms with Crippen LogP contribution < -0.4 is 0 Å². The van der Waals surface area contributed by atoms with Gasteiger partial charge in [0, 0.05) is 10.0 Å². The number of H-pyrrole nitrogens is 1. The molecule has 2 aromatic carbocycles. The van der Waals surface area contributed by atoms with E-state index in [1.54, 1.807) is 0 Å². The molecule has 3 aromatic rings. The van der Waals surface area contributed by atoms with E-state index in [1.807, 2.05) is 43.3 Å². The maximum Gasteiger partial charge on any atom is 0.173 e. The monoisotopic (exact) mass is 360 g/mol. The van der Waals surface area contributed by atoms with Crippen molar-refractivity contribution < 1.29 is 4.79 Å². The summed E-state index contributed by atoms with van der Waals surface area (Å²) < 4.78 is 0.972. The van der Waals surface area contributed by atoms with Crippen LogP contribution in [0, 0.1) is 6.92 Å². The molecule has 0 saturated carbocycles. The maximum absolute atomic E-state index is 12.1. The third-order valence-corrected chi connectivity index (χ3v) is 4.52. The van der Waals surface area contributed by atoms with Gasteiger partial charge < -0.3 is 4.98 Å². The van der Waals surface area contributed by atoms with E-state index in [1.165, 1.54) is 17.3 Å². The van der Waals surface area contributed by atoms with Gasteiger partial charge in [-0.3, -0.25) is 4.79 Å². The lowest BCUT2D eigenvalue weighted by atomic mass is 10.2. The summed E-state index contributed by atoms with van der Waals surface area (Å²) >= 11 is 4.80. The number of imidazole rings is 1. The number of hydrogen-bond acceptors (Lipinski definition) is 3. The zero-order chi connectivity index (χ0) is 14.8. The minimum atomic E-state index is 0.101. The van der Waals surface area contributed by atoms with Crippen molar-refractivity contribution in [2.75, 3.05) is 5.75 Å². The number of aromatic nitrogens is 2. The first-order valence-corrected chi connectivity index (χ1v) is 8.27. The summed E-state index contributed by atoms with van der Waals surface area (Å²) in [6.45, 7) is 2.05. The Bertz CT molecular complexity index is 796. The molecule has 0 aliphatic rings. The van der Waals surface area contributed by atoms with Crippen LogP contribution in [0.1, 0.15) is 15.9 Å². The number of Topliss-reactive ketones (excluding diaryl/α,β-unsaturated/α-hetero) is 1. The number of hydrogen-bond donors (Lipinski definition) is 1. The molecule has 5 heteroatoms. The van der Waals surface area contributed by atoms with Gasteiger partial charge in [-0.15, -0.1) is 0 Å². The lowest BCUT2D eigenvalue weighted by Crippen LogP contribution is -2.02. The molecule has 0 saturated heterocycles. The normalized spacial score (nSPS) is 11.0. The predicted octanol–water partition coefficient (Wildman–Crippen LogP) is 4.61. The molecule has 1 heterocycles. The average Bonchev–Trinajstić information content (AvgIpc) is 2.87. The van der Waals surface area contributed by atoms with Gasteiger partial charge in [0.2, 0.25) is 0 Å². The van der Waals surface area contributed by atoms with Crippen LogP contribution in [0.15, 0.2) is 52.1 Å². The zero-order valence-corrected chi connectivity index (χ0v) is 13.8. The standard InChI is InChI=1S/C16H13BrN2OS/c1-10-2-7-13-14(8-10)19-16(18-13)21-9-15(20)11-3-5-12(17)6-4-11/h2-8H,9H2,1H3,(H,18,19). The number of ketones is 1. The lowest BCUT2D eigenvalue weighted by Gasteiger charge is -1.99. The quantitative estimate of drug-likeness (QED) is 0.545. The van der Waals surface area contributed by atoms with E-state index in [0.717, 1.165) is 26.2 Å². The first-order valence-electron chi connectivity index (χ1n) is 6.50. The van der Waals surface area contributed by atoms with Crippen molar-refractivity contribution in [3.05, 3.63) is 58.1 Å². The fourth-order valence-corrected chi connectivity index (χ4v) is 3.07. The van der Waals surface area contributed by atoms with Crippen molar-refractivity contribution in [3.63, 3.8) is 0 Å². The fraction of sp³-hybridized carbons (Fsp3) is 0.125. The van der Waals surface area contributed by atoms with E-state index in [9.17, 15) is 4.79 Å². The molecule has 0 amide bonds. The number of aryl methyl sites for hydroxylation is 1. The number of halogens is 1. The molecule has 0 atom stereocenters. The number of carbonyl (C=O) groups excluding carboxylic acids is 1. The summed E-state index contributed by atoms with van der Waals surface area (Å²) in [5.41, 5.74) is 3.85. The molecule has 3 rings (SSSR count). The van der Waals surface area contributed by atoms with E-state index in [0.29, 0.717) is 5.75 Å². The number of nitrogens with one attached hydrogen (secondary N) is 1. The molecule has 0 radical (unpaired) electrons. The number of thioether (sulfide) groups is 1. The number of benzene rings is 2. The molecular weight excluding hydrogens is 348 g/mol. The van der Waals surface area contributed by atoms with Crippen molar-refractivity contribution in [1.82, 2.24) is 9.97 Å². The van der Waals surface area contributed by atoms with Gasteiger partial charge in [-0.05, 0) is 36.8 Å². The Kier molecular flexibility index (Phi) is 4.12. The van der Waals surface area contributed by atoms with Crippen molar-refractivity contribution in [1.29, 1.82) is 0 Å². The van der Waals surface area contributed by atoms with Crippen LogP contribution >= 0.6 is 27.7 Å². The van der Waals surface area contributed by atoms with Gasteiger partial charge in [0.05, 0.1) is 16.8 Å². The van der Waals surface area contributed by atoms with Crippen molar-refractivity contribution in [3.8, 4) is 0 Å². The lowest BCUT2D eigenvalue weighted by molar-refractivity contribution is 0.102.